The molecule has 0 saturated heterocycles. The number of hydrogen-bond acceptors (Lipinski definition) is 6. The summed E-state index contributed by atoms with van der Waals surface area (Å²) in [6.45, 7) is 2.22. The molecule has 0 aliphatic heterocycles. The molecule has 0 rings (SSSR count). The van der Waals surface area contributed by atoms with Crippen LogP contribution in [-0.2, 0) is 0 Å². The fourth-order valence-corrected chi connectivity index (χ4v) is 5.74. The molecule has 0 atom stereocenters. The fourth-order valence-electron chi connectivity index (χ4n) is 0.842. The van der Waals surface area contributed by atoms with Crippen molar-refractivity contribution in [2.75, 3.05) is 17.3 Å². The van der Waals surface area contributed by atoms with Crippen molar-refractivity contribution in [2.45, 2.75) is 13.3 Å². The molecule has 0 radical (unpaired) electrons. The van der Waals surface area contributed by atoms with E-state index in [0.29, 0.717) is 5.41 Å². The van der Waals surface area contributed by atoms with Crippen molar-refractivity contribution in [2.24, 2.45) is 5.41 Å². The van der Waals surface area contributed by atoms with Crippen LogP contribution in [0.1, 0.15) is 13.3 Å². The van der Waals surface area contributed by atoms with E-state index in [1.807, 2.05) is 0 Å². The van der Waals surface area contributed by atoms with Gasteiger partial charge >= 0.3 is 0 Å². The molecule has 0 N–H and O–H groups in total. The highest BCUT2D eigenvalue weighted by atomic mass is 33.1. The SMILES string of the molecule is CCC(CSS)(CSS)CSS. The van der Waals surface area contributed by atoms with Gasteiger partial charge in [0.15, 0.2) is 0 Å². The average molecular weight is 279 g/mol. The lowest BCUT2D eigenvalue weighted by Gasteiger charge is -2.29. The van der Waals surface area contributed by atoms with Crippen LogP contribution in [0.3, 0.4) is 0 Å². The van der Waals surface area contributed by atoms with Gasteiger partial charge in [0.1, 0.15) is 0 Å². The van der Waals surface area contributed by atoms with Gasteiger partial charge < -0.3 is 0 Å². The molecule has 0 aliphatic rings. The number of rotatable bonds is 7. The van der Waals surface area contributed by atoms with Crippen LogP contribution in [0.25, 0.3) is 0 Å². The molecule has 0 aromatic carbocycles. The molecule has 0 fully saturated rings. The predicted octanol–water partition coefficient (Wildman–Crippen LogP) is 4.12. The van der Waals surface area contributed by atoms with E-state index in [0.717, 1.165) is 17.3 Å². The van der Waals surface area contributed by atoms with E-state index in [2.05, 4.69) is 41.9 Å². The molecule has 6 heteroatoms. The third-order valence-corrected chi connectivity index (χ3v) is 5.25. The lowest BCUT2D eigenvalue weighted by atomic mass is 9.92. The zero-order valence-electron chi connectivity index (χ0n) is 6.89. The summed E-state index contributed by atoms with van der Waals surface area (Å²) in [6, 6.07) is 0. The van der Waals surface area contributed by atoms with Crippen molar-refractivity contribution in [1.82, 2.24) is 0 Å². The fraction of sp³-hybridized carbons (Fsp3) is 1.00. The minimum Gasteiger partial charge on any atom is -0.111 e. The third-order valence-electron chi connectivity index (χ3n) is 1.86. The molecule has 0 aromatic heterocycles. The van der Waals surface area contributed by atoms with Crippen molar-refractivity contribution in [1.29, 1.82) is 0 Å². The third kappa shape index (κ3) is 5.10. The molecular formula is C6H14S6. The Bertz CT molecular complexity index is 89.2. The van der Waals surface area contributed by atoms with Crippen LogP contribution in [0.5, 0.6) is 0 Å². The van der Waals surface area contributed by atoms with Crippen molar-refractivity contribution >= 4 is 67.4 Å². The van der Waals surface area contributed by atoms with Gasteiger partial charge in [-0.1, -0.05) is 39.3 Å². The highest BCUT2D eigenvalue weighted by molar-refractivity contribution is 8.69. The van der Waals surface area contributed by atoms with Crippen LogP contribution in [0.15, 0.2) is 0 Å². The summed E-state index contributed by atoms with van der Waals surface area (Å²) in [4.78, 5) is 0. The smallest absolute Gasteiger partial charge is 0.0107 e. The molecule has 0 nitrogen and oxygen atoms in total. The normalized spacial score (nSPS) is 12.0. The summed E-state index contributed by atoms with van der Waals surface area (Å²) in [7, 11) is 4.84. The van der Waals surface area contributed by atoms with Gasteiger partial charge in [-0.05, 0) is 11.8 Å². The molecule has 0 saturated carbocycles. The summed E-state index contributed by atoms with van der Waals surface area (Å²) in [5.41, 5.74) is 0.352. The first-order valence-corrected chi connectivity index (χ1v) is 9.65. The molecular weight excluding hydrogens is 264 g/mol. The Kier molecular flexibility index (Phi) is 9.88. The molecule has 0 unspecified atom stereocenters. The molecule has 74 valence electrons. The molecule has 0 amide bonds. The van der Waals surface area contributed by atoms with Gasteiger partial charge in [-0.3, -0.25) is 0 Å². The van der Waals surface area contributed by atoms with Crippen molar-refractivity contribution in [3.63, 3.8) is 0 Å². The second-order valence-corrected chi connectivity index (χ2v) is 6.64. The Morgan fingerprint density at radius 2 is 1.25 bits per heavy atom. The first-order chi connectivity index (χ1) is 5.74. The first-order valence-electron chi connectivity index (χ1n) is 3.54. The van der Waals surface area contributed by atoms with E-state index in [4.69, 9.17) is 0 Å². The molecule has 0 aliphatic carbocycles. The van der Waals surface area contributed by atoms with Crippen LogP contribution in [0.4, 0.5) is 0 Å². The predicted molar refractivity (Wildman–Crippen MR) is 77.1 cm³/mol. The van der Waals surface area contributed by atoms with Gasteiger partial charge in [-0.15, -0.1) is 35.0 Å². The second kappa shape index (κ2) is 8.41. The van der Waals surface area contributed by atoms with Gasteiger partial charge in [-0.25, -0.2) is 0 Å². The van der Waals surface area contributed by atoms with E-state index in [1.165, 1.54) is 6.42 Å². The summed E-state index contributed by atoms with van der Waals surface area (Å²) in [6.07, 6.45) is 1.17. The van der Waals surface area contributed by atoms with Gasteiger partial charge in [0.05, 0.1) is 0 Å². The van der Waals surface area contributed by atoms with Crippen LogP contribution in [0.2, 0.25) is 0 Å². The van der Waals surface area contributed by atoms with Crippen molar-refractivity contribution < 1.29 is 0 Å². The van der Waals surface area contributed by atoms with E-state index in [1.54, 1.807) is 32.4 Å². The Morgan fingerprint density at radius 1 is 0.917 bits per heavy atom. The van der Waals surface area contributed by atoms with E-state index < -0.39 is 0 Å². The Morgan fingerprint density at radius 3 is 1.42 bits per heavy atom. The lowest BCUT2D eigenvalue weighted by molar-refractivity contribution is 0.431. The molecule has 0 spiro atoms. The minimum absolute atomic E-state index is 0.352. The van der Waals surface area contributed by atoms with Gasteiger partial charge in [-0.2, -0.15) is 0 Å². The first kappa shape index (κ1) is 14.1. The summed E-state index contributed by atoms with van der Waals surface area (Å²) in [5.74, 6) is 3.23. The van der Waals surface area contributed by atoms with Gasteiger partial charge in [0, 0.05) is 17.3 Å². The standard InChI is InChI=1S/C6H14S6/c1-2-6(3-10-7,4-11-8)5-12-9/h7-9H,2-5H2,1H3. The Labute approximate surface area is 103 Å². The molecule has 0 heterocycles. The second-order valence-electron chi connectivity index (χ2n) is 2.67. The Hall–Kier alpha value is 2.10. The topological polar surface area (TPSA) is 0 Å². The van der Waals surface area contributed by atoms with Gasteiger partial charge in [0.25, 0.3) is 0 Å². The van der Waals surface area contributed by atoms with E-state index in [9.17, 15) is 0 Å². The minimum atomic E-state index is 0.352. The summed E-state index contributed by atoms with van der Waals surface area (Å²) in [5, 5.41) is 0. The largest absolute Gasteiger partial charge is 0.111 e. The average Bonchev–Trinajstić information content (AvgIpc) is 2.06. The number of hydrogen-bond donors (Lipinski definition) is 3. The molecule has 0 aromatic rings. The van der Waals surface area contributed by atoms with Crippen LogP contribution in [-0.4, -0.2) is 17.3 Å². The van der Waals surface area contributed by atoms with Crippen LogP contribution >= 0.6 is 67.4 Å². The van der Waals surface area contributed by atoms with E-state index in [-0.39, 0.29) is 0 Å². The highest BCUT2D eigenvalue weighted by Gasteiger charge is 2.27. The quantitative estimate of drug-likeness (QED) is 0.474. The van der Waals surface area contributed by atoms with E-state index >= 15 is 0 Å². The number of thiol groups is 3. The zero-order valence-corrected chi connectivity index (χ0v) is 12.0. The zero-order chi connectivity index (χ0) is 9.45. The summed E-state index contributed by atoms with van der Waals surface area (Å²) < 4.78 is 0. The maximum atomic E-state index is 4.20. The maximum absolute atomic E-state index is 4.20. The van der Waals surface area contributed by atoms with Crippen molar-refractivity contribution in [3.05, 3.63) is 0 Å². The van der Waals surface area contributed by atoms with Crippen LogP contribution in [0, 0.1) is 5.41 Å². The molecule has 12 heavy (non-hydrogen) atoms. The highest BCUT2D eigenvalue weighted by Crippen LogP contribution is 2.37. The molecule has 0 bridgehead atoms. The Balaban J connectivity index is 4.06. The van der Waals surface area contributed by atoms with Crippen LogP contribution < -0.4 is 0 Å². The monoisotopic (exact) mass is 278 g/mol. The summed E-state index contributed by atoms with van der Waals surface area (Å²) >= 11 is 12.6. The van der Waals surface area contributed by atoms with Gasteiger partial charge in [0.2, 0.25) is 0 Å². The van der Waals surface area contributed by atoms with Crippen molar-refractivity contribution in [3.8, 4) is 0 Å². The lowest BCUT2D eigenvalue weighted by Crippen LogP contribution is -2.28. The maximum Gasteiger partial charge on any atom is 0.0107 e.